The number of pyridine rings is 1. The molecule has 0 bridgehead atoms. The number of aromatic nitrogens is 1. The molecule has 0 radical (unpaired) electrons. The van der Waals surface area contributed by atoms with Crippen LogP contribution in [-0.4, -0.2) is 10.9 Å². The van der Waals surface area contributed by atoms with E-state index >= 15 is 0 Å². The summed E-state index contributed by atoms with van der Waals surface area (Å²) in [5.41, 5.74) is -0.107. The Balaban J connectivity index is 1.72. The molecule has 4 nitrogen and oxygen atoms in total. The number of carbonyl (C=O) groups excluding carboxylic acids is 1. The molecule has 0 aliphatic carbocycles. The summed E-state index contributed by atoms with van der Waals surface area (Å²) in [6, 6.07) is 12.0. The van der Waals surface area contributed by atoms with Crippen molar-refractivity contribution in [1.29, 1.82) is 0 Å². The number of nitrogens with one attached hydrogen (secondary N) is 2. The predicted octanol–water partition coefficient (Wildman–Crippen LogP) is 4.49. The summed E-state index contributed by atoms with van der Waals surface area (Å²) < 4.78 is 40.7. The van der Waals surface area contributed by atoms with Crippen LogP contribution < -0.4 is 10.6 Å². The fraction of sp³-hybridized carbons (Fsp3) is 0. The highest BCUT2D eigenvalue weighted by Crippen LogP contribution is 2.22. The Morgan fingerprint density at radius 1 is 0.840 bits per heavy atom. The summed E-state index contributed by atoms with van der Waals surface area (Å²) >= 11 is 0. The van der Waals surface area contributed by atoms with Gasteiger partial charge in [0, 0.05) is 0 Å². The Morgan fingerprint density at radius 2 is 1.52 bits per heavy atom. The molecule has 1 amide bonds. The van der Waals surface area contributed by atoms with Crippen LogP contribution >= 0.6 is 0 Å². The molecule has 0 spiro atoms. The SMILES string of the molecule is O=C(Nc1ccc(Nc2c(F)cccc2F)nc1)c1ccccc1F. The number of rotatable bonds is 4. The second-order valence-electron chi connectivity index (χ2n) is 5.09. The van der Waals surface area contributed by atoms with Crippen LogP contribution in [0.15, 0.2) is 60.8 Å². The van der Waals surface area contributed by atoms with Gasteiger partial charge in [0.1, 0.15) is 29.0 Å². The molecule has 126 valence electrons. The minimum atomic E-state index is -0.751. The molecule has 0 aliphatic rings. The lowest BCUT2D eigenvalue weighted by molar-refractivity contribution is 0.102. The first kappa shape index (κ1) is 16.5. The Kier molecular flexibility index (Phi) is 4.65. The fourth-order valence-electron chi connectivity index (χ4n) is 2.13. The molecule has 0 fully saturated rings. The number of para-hydroxylation sites is 1. The lowest BCUT2D eigenvalue weighted by Crippen LogP contribution is -2.13. The molecule has 25 heavy (non-hydrogen) atoms. The van der Waals surface area contributed by atoms with Crippen molar-refractivity contribution in [2.24, 2.45) is 0 Å². The predicted molar refractivity (Wildman–Crippen MR) is 88.2 cm³/mol. The van der Waals surface area contributed by atoms with E-state index in [0.717, 1.165) is 12.1 Å². The Bertz CT molecular complexity index is 893. The highest BCUT2D eigenvalue weighted by Gasteiger charge is 2.12. The molecule has 3 rings (SSSR count). The molecule has 0 saturated heterocycles. The van der Waals surface area contributed by atoms with Gasteiger partial charge in [-0.25, -0.2) is 18.2 Å². The maximum absolute atomic E-state index is 13.6. The Hall–Kier alpha value is -3.35. The molecule has 2 N–H and O–H groups in total. The molecular weight excluding hydrogens is 331 g/mol. The normalized spacial score (nSPS) is 10.4. The van der Waals surface area contributed by atoms with E-state index in [1.54, 1.807) is 6.07 Å². The average Bonchev–Trinajstić information content (AvgIpc) is 2.60. The van der Waals surface area contributed by atoms with E-state index < -0.39 is 23.4 Å². The van der Waals surface area contributed by atoms with Crippen molar-refractivity contribution in [3.8, 4) is 0 Å². The summed E-state index contributed by atoms with van der Waals surface area (Å²) in [5.74, 6) is -2.58. The van der Waals surface area contributed by atoms with E-state index in [4.69, 9.17) is 0 Å². The number of hydrogen-bond acceptors (Lipinski definition) is 3. The van der Waals surface area contributed by atoms with Crippen LogP contribution in [0.25, 0.3) is 0 Å². The van der Waals surface area contributed by atoms with Crippen molar-refractivity contribution in [1.82, 2.24) is 4.98 Å². The number of nitrogens with zero attached hydrogens (tertiary/aromatic N) is 1. The fourth-order valence-corrected chi connectivity index (χ4v) is 2.13. The zero-order valence-corrected chi connectivity index (χ0v) is 12.8. The topological polar surface area (TPSA) is 54.0 Å². The van der Waals surface area contributed by atoms with Crippen molar-refractivity contribution in [2.75, 3.05) is 10.6 Å². The Morgan fingerprint density at radius 3 is 2.16 bits per heavy atom. The van der Waals surface area contributed by atoms with Gasteiger partial charge in [-0.15, -0.1) is 0 Å². The lowest BCUT2D eigenvalue weighted by Gasteiger charge is -2.09. The van der Waals surface area contributed by atoms with Gasteiger partial charge in [0.15, 0.2) is 0 Å². The summed E-state index contributed by atoms with van der Waals surface area (Å²) in [4.78, 5) is 16.0. The minimum absolute atomic E-state index is 0.0990. The summed E-state index contributed by atoms with van der Waals surface area (Å²) in [5, 5.41) is 5.02. The molecule has 1 aromatic heterocycles. The van der Waals surface area contributed by atoms with Crippen LogP contribution in [0, 0.1) is 17.5 Å². The zero-order valence-electron chi connectivity index (χ0n) is 12.8. The van der Waals surface area contributed by atoms with Gasteiger partial charge in [-0.05, 0) is 36.4 Å². The van der Waals surface area contributed by atoms with Gasteiger partial charge in [-0.2, -0.15) is 0 Å². The van der Waals surface area contributed by atoms with Crippen LogP contribution in [0.3, 0.4) is 0 Å². The molecule has 1 heterocycles. The van der Waals surface area contributed by atoms with Gasteiger partial charge in [0.05, 0.1) is 17.4 Å². The first-order valence-electron chi connectivity index (χ1n) is 7.27. The van der Waals surface area contributed by atoms with Gasteiger partial charge in [0.2, 0.25) is 0 Å². The van der Waals surface area contributed by atoms with E-state index in [9.17, 15) is 18.0 Å². The first-order valence-corrected chi connectivity index (χ1v) is 7.27. The van der Waals surface area contributed by atoms with Crippen LogP contribution in [0.5, 0.6) is 0 Å². The van der Waals surface area contributed by atoms with Crippen molar-refractivity contribution in [2.45, 2.75) is 0 Å². The van der Waals surface area contributed by atoms with E-state index in [2.05, 4.69) is 15.6 Å². The number of amides is 1. The lowest BCUT2D eigenvalue weighted by atomic mass is 10.2. The van der Waals surface area contributed by atoms with E-state index in [1.165, 1.54) is 42.6 Å². The van der Waals surface area contributed by atoms with Crippen LogP contribution in [0.1, 0.15) is 10.4 Å². The minimum Gasteiger partial charge on any atom is -0.335 e. The molecular formula is C18H12F3N3O. The third-order valence-corrected chi connectivity index (χ3v) is 3.36. The number of hydrogen-bond donors (Lipinski definition) is 2. The molecule has 7 heteroatoms. The quantitative estimate of drug-likeness (QED) is 0.734. The number of halogens is 3. The molecule has 0 unspecified atom stereocenters. The van der Waals surface area contributed by atoms with Crippen LogP contribution in [0.4, 0.5) is 30.4 Å². The van der Waals surface area contributed by atoms with E-state index in [1.807, 2.05) is 0 Å². The van der Waals surface area contributed by atoms with Gasteiger partial charge < -0.3 is 10.6 Å². The summed E-state index contributed by atoms with van der Waals surface area (Å²) in [6.07, 6.45) is 1.29. The monoisotopic (exact) mass is 343 g/mol. The number of anilines is 3. The summed E-state index contributed by atoms with van der Waals surface area (Å²) in [6.45, 7) is 0. The maximum Gasteiger partial charge on any atom is 0.258 e. The van der Waals surface area contributed by atoms with Gasteiger partial charge in [-0.3, -0.25) is 4.79 Å². The Labute approximate surface area is 141 Å². The highest BCUT2D eigenvalue weighted by molar-refractivity contribution is 6.04. The van der Waals surface area contributed by atoms with Crippen molar-refractivity contribution in [3.63, 3.8) is 0 Å². The maximum atomic E-state index is 13.6. The molecule has 3 aromatic rings. The molecule has 2 aromatic carbocycles. The smallest absolute Gasteiger partial charge is 0.258 e. The van der Waals surface area contributed by atoms with E-state index in [0.29, 0.717) is 5.69 Å². The van der Waals surface area contributed by atoms with Crippen molar-refractivity contribution < 1.29 is 18.0 Å². The number of benzene rings is 2. The number of carbonyl (C=O) groups is 1. The van der Waals surface area contributed by atoms with Crippen molar-refractivity contribution in [3.05, 3.63) is 83.8 Å². The summed E-state index contributed by atoms with van der Waals surface area (Å²) in [7, 11) is 0. The van der Waals surface area contributed by atoms with Gasteiger partial charge in [-0.1, -0.05) is 18.2 Å². The average molecular weight is 343 g/mol. The van der Waals surface area contributed by atoms with Crippen LogP contribution in [0.2, 0.25) is 0 Å². The van der Waals surface area contributed by atoms with Crippen LogP contribution in [-0.2, 0) is 0 Å². The highest BCUT2D eigenvalue weighted by atomic mass is 19.1. The molecule has 0 aliphatic heterocycles. The first-order chi connectivity index (χ1) is 12.0. The largest absolute Gasteiger partial charge is 0.335 e. The van der Waals surface area contributed by atoms with Crippen molar-refractivity contribution >= 4 is 23.1 Å². The second-order valence-corrected chi connectivity index (χ2v) is 5.09. The molecule has 0 atom stereocenters. The van der Waals surface area contributed by atoms with Gasteiger partial charge in [0.25, 0.3) is 5.91 Å². The third kappa shape index (κ3) is 3.77. The zero-order chi connectivity index (χ0) is 17.8. The third-order valence-electron chi connectivity index (χ3n) is 3.36. The second kappa shape index (κ2) is 7.04. The van der Waals surface area contributed by atoms with Gasteiger partial charge >= 0.3 is 0 Å². The standard InChI is InChI=1S/C18H12F3N3O/c19-13-5-2-1-4-12(13)18(25)23-11-8-9-16(22-10-11)24-17-14(20)6-3-7-15(17)21/h1-10H,(H,22,24)(H,23,25). The van der Waals surface area contributed by atoms with E-state index in [-0.39, 0.29) is 17.1 Å². The molecule has 0 saturated carbocycles.